The first-order valence-corrected chi connectivity index (χ1v) is 11.1. The van der Waals surface area contributed by atoms with Gasteiger partial charge in [-0.3, -0.25) is 9.69 Å². The number of ketones is 1. The molecule has 3 aliphatic rings. The number of hydrogen-bond donors (Lipinski definition) is 0. The summed E-state index contributed by atoms with van der Waals surface area (Å²) in [5.74, 6) is 0.00352. The Labute approximate surface area is 184 Å². The van der Waals surface area contributed by atoms with E-state index in [1.165, 1.54) is 0 Å². The van der Waals surface area contributed by atoms with Gasteiger partial charge in [0.2, 0.25) is 0 Å². The maximum absolute atomic E-state index is 13.1. The lowest BCUT2D eigenvalue weighted by atomic mass is 9.74. The van der Waals surface area contributed by atoms with E-state index in [2.05, 4.69) is 0 Å². The number of carbonyl (C=O) groups excluding carboxylic acids is 2. The number of carbonyl (C=O) groups is 2. The highest BCUT2D eigenvalue weighted by molar-refractivity contribution is 6.50. The van der Waals surface area contributed by atoms with Crippen molar-refractivity contribution in [3.8, 4) is 0 Å². The van der Waals surface area contributed by atoms with E-state index < -0.39 is 18.3 Å². The predicted molar refractivity (Wildman–Crippen MR) is 115 cm³/mol. The van der Waals surface area contributed by atoms with E-state index in [0.717, 1.165) is 5.56 Å². The van der Waals surface area contributed by atoms with Gasteiger partial charge >= 0.3 is 13.2 Å². The number of ether oxygens (including phenoxy) is 2. The maximum Gasteiger partial charge on any atom is 0.465 e. The van der Waals surface area contributed by atoms with Gasteiger partial charge in [-0.15, -0.1) is 0 Å². The molecular formula is C23H32BNO6. The van der Waals surface area contributed by atoms with Crippen LogP contribution in [0.25, 0.3) is 0 Å². The van der Waals surface area contributed by atoms with Crippen molar-refractivity contribution in [1.29, 1.82) is 0 Å². The normalized spacial score (nSPS) is 29.0. The van der Waals surface area contributed by atoms with Crippen molar-refractivity contribution >= 4 is 19.0 Å². The Morgan fingerprint density at radius 2 is 1.61 bits per heavy atom. The fourth-order valence-corrected chi connectivity index (χ4v) is 4.65. The maximum atomic E-state index is 13.1. The molecule has 3 saturated heterocycles. The fraction of sp³-hybridized carbons (Fsp3) is 0.652. The number of morpholine rings is 1. The van der Waals surface area contributed by atoms with Crippen molar-refractivity contribution in [3.63, 3.8) is 0 Å². The molecule has 7 nitrogen and oxygen atoms in total. The van der Waals surface area contributed by atoms with E-state index in [-0.39, 0.29) is 42.8 Å². The molecular weight excluding hydrogens is 397 g/mol. The summed E-state index contributed by atoms with van der Waals surface area (Å²) in [6, 6.07) is 9.32. The lowest BCUT2D eigenvalue weighted by Crippen LogP contribution is -2.60. The van der Waals surface area contributed by atoms with Gasteiger partial charge in [-0.25, -0.2) is 4.79 Å². The quantitative estimate of drug-likeness (QED) is 0.668. The molecule has 1 aromatic rings. The number of fused-ring (bicyclic) bond motifs is 2. The molecule has 0 radical (unpaired) electrons. The number of hydrogen-bond acceptors (Lipinski definition) is 6. The van der Waals surface area contributed by atoms with Gasteiger partial charge in [0.1, 0.15) is 12.4 Å². The Balaban J connectivity index is 1.34. The van der Waals surface area contributed by atoms with Gasteiger partial charge in [0, 0.05) is 12.2 Å². The van der Waals surface area contributed by atoms with Crippen molar-refractivity contribution in [2.24, 2.45) is 5.92 Å². The monoisotopic (exact) mass is 429 g/mol. The molecule has 2 atom stereocenters. The lowest BCUT2D eigenvalue weighted by Gasteiger charge is -2.47. The molecule has 4 rings (SSSR count). The average molecular weight is 429 g/mol. The number of nitrogens with zero attached hydrogens (tertiary/aromatic N) is 1. The minimum Gasteiger partial charge on any atom is -0.445 e. The van der Waals surface area contributed by atoms with Crippen molar-refractivity contribution in [2.75, 3.05) is 13.2 Å². The van der Waals surface area contributed by atoms with Gasteiger partial charge in [0.15, 0.2) is 0 Å². The largest absolute Gasteiger partial charge is 0.465 e. The van der Waals surface area contributed by atoms with E-state index >= 15 is 0 Å². The van der Waals surface area contributed by atoms with Crippen LogP contribution in [0.4, 0.5) is 4.79 Å². The Hall–Kier alpha value is -1.90. The average Bonchev–Trinajstić information content (AvgIpc) is 2.91. The molecule has 0 aliphatic carbocycles. The standard InChI is InChI=1S/C23H32BNO6/c1-22(2)23(3,4)31-24(30-22)12-20(26)17-10-18-14-28-15-19(11-17)25(18)21(27)29-13-16-8-6-5-7-9-16/h5-9,17-19H,10-15H2,1-4H3. The minimum atomic E-state index is -0.526. The Kier molecular flexibility index (Phi) is 6.16. The van der Waals surface area contributed by atoms with Crippen molar-refractivity contribution in [2.45, 2.75) is 76.7 Å². The summed E-state index contributed by atoms with van der Waals surface area (Å²) in [7, 11) is -0.526. The third kappa shape index (κ3) is 4.66. The molecule has 0 spiro atoms. The predicted octanol–water partition coefficient (Wildman–Crippen LogP) is 3.46. The van der Waals surface area contributed by atoms with Crippen LogP contribution in [0.2, 0.25) is 6.32 Å². The van der Waals surface area contributed by atoms with Gasteiger partial charge in [-0.1, -0.05) is 30.3 Å². The molecule has 8 heteroatoms. The molecule has 168 valence electrons. The molecule has 2 unspecified atom stereocenters. The van der Waals surface area contributed by atoms with Crippen LogP contribution < -0.4 is 0 Å². The summed E-state index contributed by atoms with van der Waals surface area (Å²) in [5, 5.41) is 0. The molecule has 1 amide bonds. The number of piperidine rings is 1. The smallest absolute Gasteiger partial charge is 0.445 e. The lowest BCUT2D eigenvalue weighted by molar-refractivity contribution is -0.129. The van der Waals surface area contributed by atoms with Gasteiger partial charge in [0.05, 0.1) is 36.5 Å². The second-order valence-electron chi connectivity index (χ2n) is 9.82. The van der Waals surface area contributed by atoms with E-state index in [0.29, 0.717) is 26.1 Å². The van der Waals surface area contributed by atoms with Crippen LogP contribution in [0, 0.1) is 5.92 Å². The summed E-state index contributed by atoms with van der Waals surface area (Å²) in [6.45, 7) is 9.03. The van der Waals surface area contributed by atoms with Gasteiger partial charge in [0.25, 0.3) is 0 Å². The third-order valence-corrected chi connectivity index (χ3v) is 7.06. The van der Waals surface area contributed by atoms with Gasteiger partial charge < -0.3 is 18.8 Å². The third-order valence-electron chi connectivity index (χ3n) is 7.06. The van der Waals surface area contributed by atoms with Crippen LogP contribution in [-0.4, -0.2) is 60.4 Å². The Morgan fingerprint density at radius 1 is 1.03 bits per heavy atom. The highest BCUT2D eigenvalue weighted by atomic mass is 16.7. The second-order valence-corrected chi connectivity index (χ2v) is 9.82. The van der Waals surface area contributed by atoms with E-state index in [4.69, 9.17) is 18.8 Å². The Morgan fingerprint density at radius 3 is 2.19 bits per heavy atom. The number of Topliss-reactive ketones (excluding diaryl/α,β-unsaturated/α-hetero) is 1. The molecule has 0 saturated carbocycles. The molecule has 0 aromatic heterocycles. The first-order chi connectivity index (χ1) is 14.7. The molecule has 0 N–H and O–H groups in total. The van der Waals surface area contributed by atoms with Crippen LogP contribution in [0.1, 0.15) is 46.1 Å². The van der Waals surface area contributed by atoms with Crippen molar-refractivity contribution in [1.82, 2.24) is 4.90 Å². The SMILES string of the molecule is CC1(C)OB(CC(=O)C2CC3COCC(C2)N3C(=O)OCc2ccccc2)OC1(C)C. The van der Waals surface area contributed by atoms with E-state index in [9.17, 15) is 9.59 Å². The van der Waals surface area contributed by atoms with Crippen molar-refractivity contribution in [3.05, 3.63) is 35.9 Å². The number of benzene rings is 1. The number of rotatable bonds is 5. The van der Waals surface area contributed by atoms with Gasteiger partial charge in [-0.2, -0.15) is 0 Å². The second kappa shape index (κ2) is 8.56. The topological polar surface area (TPSA) is 74.3 Å². The summed E-state index contributed by atoms with van der Waals surface area (Å²) in [6.07, 6.45) is 1.06. The van der Waals surface area contributed by atoms with Crippen LogP contribution in [-0.2, 0) is 30.2 Å². The van der Waals surface area contributed by atoms with Gasteiger partial charge in [-0.05, 0) is 46.1 Å². The molecule has 3 heterocycles. The summed E-state index contributed by atoms with van der Waals surface area (Å²) in [5.41, 5.74) is 0.0484. The Bertz CT molecular complexity index is 784. The molecule has 2 bridgehead atoms. The van der Waals surface area contributed by atoms with E-state index in [1.54, 1.807) is 4.90 Å². The zero-order valence-electron chi connectivity index (χ0n) is 18.8. The minimum absolute atomic E-state index is 0.129. The first kappa shape index (κ1) is 22.3. The van der Waals surface area contributed by atoms with Crippen LogP contribution in [0.3, 0.4) is 0 Å². The van der Waals surface area contributed by atoms with Crippen LogP contribution in [0.15, 0.2) is 30.3 Å². The highest BCUT2D eigenvalue weighted by Gasteiger charge is 2.52. The summed E-state index contributed by atoms with van der Waals surface area (Å²) >= 11 is 0. The summed E-state index contributed by atoms with van der Waals surface area (Å²) < 4.78 is 23.2. The van der Waals surface area contributed by atoms with Crippen molar-refractivity contribution < 1.29 is 28.4 Å². The molecule has 31 heavy (non-hydrogen) atoms. The first-order valence-electron chi connectivity index (χ1n) is 11.1. The number of amides is 1. The molecule has 3 aliphatic heterocycles. The molecule has 1 aromatic carbocycles. The molecule has 3 fully saturated rings. The fourth-order valence-electron chi connectivity index (χ4n) is 4.65. The zero-order valence-corrected chi connectivity index (χ0v) is 18.8. The summed E-state index contributed by atoms with van der Waals surface area (Å²) in [4.78, 5) is 27.6. The highest BCUT2D eigenvalue weighted by Crippen LogP contribution is 2.39. The van der Waals surface area contributed by atoms with Crippen LogP contribution >= 0.6 is 0 Å². The zero-order chi connectivity index (χ0) is 22.2. The van der Waals surface area contributed by atoms with E-state index in [1.807, 2.05) is 58.0 Å². The van der Waals surface area contributed by atoms with Crippen LogP contribution in [0.5, 0.6) is 0 Å².